The molecule has 6 aromatic carbocycles. The lowest BCUT2D eigenvalue weighted by molar-refractivity contribution is 0.0967. The molecule has 0 bridgehead atoms. The number of fused-ring (bicyclic) bond motifs is 3. The van der Waals surface area contributed by atoms with Crippen LogP contribution in [0.3, 0.4) is 0 Å². The van der Waals surface area contributed by atoms with Gasteiger partial charge < -0.3 is 9.47 Å². The van der Waals surface area contributed by atoms with Crippen LogP contribution in [0.1, 0.15) is 95.0 Å². The molecule has 0 heterocycles. The molecule has 0 aliphatic heterocycles. The van der Waals surface area contributed by atoms with Crippen molar-refractivity contribution in [3.05, 3.63) is 173 Å². The van der Waals surface area contributed by atoms with E-state index in [4.69, 9.17) is 9.47 Å². The van der Waals surface area contributed by atoms with Crippen LogP contribution >= 0.6 is 0 Å². The van der Waals surface area contributed by atoms with Gasteiger partial charge >= 0.3 is 0 Å². The standard InChI is InChI=1S/C49H50O4S/c1-7-9-34-48(5,6)53-40-26-20-37(21-27-40)49(45-16-12-10-14-43(45)44-15-11-13-17-46(44)49)36-18-24-38(25-19-36)52-39-28-32-42(33-29-39)54(50,51)41-30-22-35(23-31-41)47(3,4)8-2/h10-33H,7-9,34H2,1-6H3. The monoisotopic (exact) mass is 734 g/mol. The van der Waals surface area contributed by atoms with Crippen molar-refractivity contribution in [3.63, 3.8) is 0 Å². The van der Waals surface area contributed by atoms with Crippen molar-refractivity contribution in [2.24, 2.45) is 0 Å². The normalized spacial score (nSPS) is 13.6. The molecule has 0 spiro atoms. The molecule has 0 N–H and O–H groups in total. The number of ether oxygens (including phenoxy) is 2. The summed E-state index contributed by atoms with van der Waals surface area (Å²) in [6.07, 6.45) is 4.23. The second-order valence-electron chi connectivity index (χ2n) is 15.7. The van der Waals surface area contributed by atoms with E-state index in [0.717, 1.165) is 48.1 Å². The van der Waals surface area contributed by atoms with Gasteiger partial charge in [0.2, 0.25) is 9.84 Å². The number of benzene rings is 6. The molecular formula is C49H50O4S. The summed E-state index contributed by atoms with van der Waals surface area (Å²) in [5.41, 5.74) is 7.51. The van der Waals surface area contributed by atoms with Crippen LogP contribution in [0.15, 0.2) is 155 Å². The first-order valence-electron chi connectivity index (χ1n) is 19.1. The summed E-state index contributed by atoms with van der Waals surface area (Å²) >= 11 is 0. The molecule has 0 amide bonds. The van der Waals surface area contributed by atoms with Gasteiger partial charge in [0, 0.05) is 0 Å². The second-order valence-corrected chi connectivity index (χ2v) is 17.6. The molecule has 54 heavy (non-hydrogen) atoms. The summed E-state index contributed by atoms with van der Waals surface area (Å²) in [5.74, 6) is 2.09. The van der Waals surface area contributed by atoms with Crippen molar-refractivity contribution < 1.29 is 17.9 Å². The Kier molecular flexibility index (Phi) is 10.1. The topological polar surface area (TPSA) is 52.6 Å². The lowest BCUT2D eigenvalue weighted by atomic mass is 9.68. The Labute approximate surface area is 321 Å². The van der Waals surface area contributed by atoms with Gasteiger partial charge in [0.25, 0.3) is 0 Å². The Balaban J connectivity index is 1.18. The highest BCUT2D eigenvalue weighted by Gasteiger charge is 2.46. The van der Waals surface area contributed by atoms with Crippen LogP contribution in [-0.2, 0) is 20.7 Å². The van der Waals surface area contributed by atoms with Crippen LogP contribution in [0.2, 0.25) is 0 Å². The minimum absolute atomic E-state index is 0.0158. The second kappa shape index (κ2) is 14.6. The minimum atomic E-state index is -3.67. The fourth-order valence-electron chi connectivity index (χ4n) is 7.79. The molecule has 4 nitrogen and oxygen atoms in total. The summed E-state index contributed by atoms with van der Waals surface area (Å²) in [6, 6.07) is 48.2. The summed E-state index contributed by atoms with van der Waals surface area (Å²) in [6.45, 7) is 13.0. The molecule has 1 aliphatic rings. The minimum Gasteiger partial charge on any atom is -0.488 e. The summed E-state index contributed by atoms with van der Waals surface area (Å²) in [5, 5.41) is 0. The van der Waals surface area contributed by atoms with Gasteiger partial charge in [0.15, 0.2) is 0 Å². The largest absolute Gasteiger partial charge is 0.488 e. The number of sulfone groups is 1. The van der Waals surface area contributed by atoms with E-state index in [2.05, 4.69) is 126 Å². The zero-order chi connectivity index (χ0) is 38.1. The SMILES string of the molecule is CCCCC(C)(C)Oc1ccc(C2(c3ccc(Oc4ccc(S(=O)(=O)c5ccc(C(C)(C)CC)cc5)cc4)cc3)c3ccccc3-c3ccccc32)cc1. The van der Waals surface area contributed by atoms with Crippen LogP contribution in [0.25, 0.3) is 11.1 Å². The van der Waals surface area contributed by atoms with Gasteiger partial charge in [-0.05, 0) is 138 Å². The Hall–Kier alpha value is -5.13. The van der Waals surface area contributed by atoms with Gasteiger partial charge in [0.05, 0.1) is 15.2 Å². The smallest absolute Gasteiger partial charge is 0.206 e. The first kappa shape index (κ1) is 37.2. The van der Waals surface area contributed by atoms with Gasteiger partial charge in [-0.1, -0.05) is 119 Å². The van der Waals surface area contributed by atoms with Gasteiger partial charge in [-0.15, -0.1) is 0 Å². The molecule has 0 aromatic heterocycles. The summed E-state index contributed by atoms with van der Waals surface area (Å²) in [7, 11) is -3.67. The average molecular weight is 735 g/mol. The first-order valence-corrected chi connectivity index (χ1v) is 20.6. The fraction of sp³-hybridized carbons (Fsp3) is 0.265. The third kappa shape index (κ3) is 6.86. The van der Waals surface area contributed by atoms with Gasteiger partial charge in [-0.3, -0.25) is 0 Å². The van der Waals surface area contributed by atoms with E-state index in [1.54, 1.807) is 36.4 Å². The predicted molar refractivity (Wildman–Crippen MR) is 220 cm³/mol. The number of rotatable bonds is 13. The Morgan fingerprint density at radius 3 is 1.48 bits per heavy atom. The summed E-state index contributed by atoms with van der Waals surface area (Å²) in [4.78, 5) is 0.513. The molecule has 6 aromatic rings. The molecule has 0 radical (unpaired) electrons. The zero-order valence-corrected chi connectivity index (χ0v) is 33.0. The zero-order valence-electron chi connectivity index (χ0n) is 32.2. The van der Waals surface area contributed by atoms with Crippen LogP contribution < -0.4 is 9.47 Å². The van der Waals surface area contributed by atoms with Crippen LogP contribution in [-0.4, -0.2) is 14.0 Å². The van der Waals surface area contributed by atoms with Crippen molar-refractivity contribution in [2.75, 3.05) is 0 Å². The van der Waals surface area contributed by atoms with Gasteiger partial charge in [-0.25, -0.2) is 8.42 Å². The first-order chi connectivity index (χ1) is 25.9. The number of hydrogen-bond donors (Lipinski definition) is 0. The summed E-state index contributed by atoms with van der Waals surface area (Å²) < 4.78 is 39.8. The molecule has 0 saturated carbocycles. The van der Waals surface area contributed by atoms with Crippen molar-refractivity contribution >= 4 is 9.84 Å². The molecule has 0 fully saturated rings. The molecule has 5 heteroatoms. The van der Waals surface area contributed by atoms with Crippen molar-refractivity contribution in [2.45, 2.75) is 93.4 Å². The molecule has 0 atom stereocenters. The van der Waals surface area contributed by atoms with Crippen molar-refractivity contribution in [3.8, 4) is 28.4 Å². The third-order valence-electron chi connectivity index (χ3n) is 11.3. The average Bonchev–Trinajstić information content (AvgIpc) is 3.49. The van der Waals surface area contributed by atoms with E-state index in [1.807, 2.05) is 24.3 Å². The molecule has 0 unspecified atom stereocenters. The molecular weight excluding hydrogens is 685 g/mol. The highest BCUT2D eigenvalue weighted by Crippen LogP contribution is 2.56. The van der Waals surface area contributed by atoms with E-state index in [9.17, 15) is 8.42 Å². The number of hydrogen-bond acceptors (Lipinski definition) is 4. The Bertz CT molecular complexity index is 2290. The lowest BCUT2D eigenvalue weighted by Gasteiger charge is -2.34. The Morgan fingerprint density at radius 1 is 0.556 bits per heavy atom. The molecule has 7 rings (SSSR count). The highest BCUT2D eigenvalue weighted by molar-refractivity contribution is 7.91. The van der Waals surface area contributed by atoms with Crippen LogP contribution in [0.4, 0.5) is 0 Å². The predicted octanol–water partition coefficient (Wildman–Crippen LogP) is 12.7. The van der Waals surface area contributed by atoms with E-state index in [0.29, 0.717) is 11.5 Å². The van der Waals surface area contributed by atoms with E-state index in [1.165, 1.54) is 22.3 Å². The lowest BCUT2D eigenvalue weighted by Crippen LogP contribution is -2.29. The van der Waals surface area contributed by atoms with Crippen molar-refractivity contribution in [1.82, 2.24) is 0 Å². The maximum Gasteiger partial charge on any atom is 0.206 e. The highest BCUT2D eigenvalue weighted by atomic mass is 32.2. The van der Waals surface area contributed by atoms with E-state index in [-0.39, 0.29) is 20.8 Å². The van der Waals surface area contributed by atoms with Gasteiger partial charge in [-0.2, -0.15) is 0 Å². The Morgan fingerprint density at radius 2 is 1.00 bits per heavy atom. The van der Waals surface area contributed by atoms with Crippen molar-refractivity contribution in [1.29, 1.82) is 0 Å². The van der Waals surface area contributed by atoms with Crippen LogP contribution in [0, 0.1) is 0 Å². The quantitative estimate of drug-likeness (QED) is 0.118. The van der Waals surface area contributed by atoms with E-state index < -0.39 is 15.3 Å². The number of unbranched alkanes of at least 4 members (excludes halogenated alkanes) is 1. The fourth-order valence-corrected chi connectivity index (χ4v) is 9.05. The molecule has 276 valence electrons. The molecule has 0 saturated heterocycles. The molecule has 1 aliphatic carbocycles. The third-order valence-corrected chi connectivity index (χ3v) is 13.0. The van der Waals surface area contributed by atoms with Gasteiger partial charge in [0.1, 0.15) is 22.8 Å². The maximum absolute atomic E-state index is 13.5. The van der Waals surface area contributed by atoms with E-state index >= 15 is 0 Å². The van der Waals surface area contributed by atoms with Crippen LogP contribution in [0.5, 0.6) is 17.2 Å². The maximum atomic E-state index is 13.5.